The molecule has 1 heterocycles. The summed E-state index contributed by atoms with van der Waals surface area (Å²) in [5, 5.41) is 8.68. The molecule has 0 aromatic heterocycles. The molecule has 0 aromatic rings. The highest BCUT2D eigenvalue weighted by Gasteiger charge is 2.31. The standard InChI is InChI=1S/C3H7O4P/c1-2-3(4)7-8(5)6-2/h2-5H,1H3. The Kier molecular flexibility index (Phi) is 1.80. The van der Waals surface area contributed by atoms with Gasteiger partial charge in [-0.2, -0.15) is 0 Å². The van der Waals surface area contributed by atoms with Crippen molar-refractivity contribution in [3.8, 4) is 0 Å². The Hall–Kier alpha value is 0.270. The zero-order valence-corrected chi connectivity index (χ0v) is 5.21. The van der Waals surface area contributed by atoms with Gasteiger partial charge in [-0.1, -0.05) is 0 Å². The van der Waals surface area contributed by atoms with Gasteiger partial charge in [0.25, 0.3) is 0 Å². The third kappa shape index (κ3) is 1.16. The second-order valence-corrected chi connectivity index (χ2v) is 2.44. The lowest BCUT2D eigenvalue weighted by Crippen LogP contribution is -2.17. The van der Waals surface area contributed by atoms with Gasteiger partial charge < -0.3 is 14.5 Å². The van der Waals surface area contributed by atoms with Crippen LogP contribution < -0.4 is 0 Å². The molecule has 1 aliphatic rings. The van der Waals surface area contributed by atoms with Crippen molar-refractivity contribution < 1.29 is 19.0 Å². The Morgan fingerprint density at radius 1 is 1.50 bits per heavy atom. The van der Waals surface area contributed by atoms with E-state index < -0.39 is 21.0 Å². The maximum atomic E-state index is 8.68. The molecule has 0 amide bonds. The summed E-state index contributed by atoms with van der Waals surface area (Å²) >= 11 is 0. The Bertz CT molecular complexity index is 77.4. The lowest BCUT2D eigenvalue weighted by Gasteiger charge is -2.00. The van der Waals surface area contributed by atoms with E-state index in [1.54, 1.807) is 6.92 Å². The molecule has 5 heteroatoms. The second kappa shape index (κ2) is 2.25. The Balaban J connectivity index is 2.39. The molecular weight excluding hydrogens is 131 g/mol. The zero-order valence-electron chi connectivity index (χ0n) is 4.31. The first-order valence-corrected chi connectivity index (χ1v) is 3.34. The SMILES string of the molecule is CC1OP(O)OC1O. The van der Waals surface area contributed by atoms with Crippen LogP contribution >= 0.6 is 8.60 Å². The van der Waals surface area contributed by atoms with E-state index in [4.69, 9.17) is 10.00 Å². The van der Waals surface area contributed by atoms with Gasteiger partial charge in [0.15, 0.2) is 6.29 Å². The van der Waals surface area contributed by atoms with Crippen LogP contribution in [0.2, 0.25) is 0 Å². The van der Waals surface area contributed by atoms with Crippen LogP contribution in [0.4, 0.5) is 0 Å². The molecule has 1 aliphatic heterocycles. The first-order chi connectivity index (χ1) is 3.70. The van der Waals surface area contributed by atoms with E-state index in [1.165, 1.54) is 0 Å². The summed E-state index contributed by atoms with van der Waals surface area (Å²) in [6, 6.07) is 0. The smallest absolute Gasteiger partial charge is 0.332 e. The predicted octanol–water partition coefficient (Wildman–Crippen LogP) is -0.0407. The topological polar surface area (TPSA) is 58.9 Å². The Morgan fingerprint density at radius 2 is 2.12 bits per heavy atom. The van der Waals surface area contributed by atoms with Crippen LogP contribution in [0, 0.1) is 0 Å². The molecule has 3 unspecified atom stereocenters. The van der Waals surface area contributed by atoms with Gasteiger partial charge in [0.1, 0.15) is 6.10 Å². The van der Waals surface area contributed by atoms with Gasteiger partial charge in [-0.05, 0) is 6.92 Å². The fraction of sp³-hybridized carbons (Fsp3) is 1.00. The van der Waals surface area contributed by atoms with Crippen molar-refractivity contribution in [2.75, 3.05) is 0 Å². The molecule has 3 atom stereocenters. The predicted molar refractivity (Wildman–Crippen MR) is 26.8 cm³/mol. The van der Waals surface area contributed by atoms with Crippen molar-refractivity contribution in [2.45, 2.75) is 19.3 Å². The molecule has 0 aliphatic carbocycles. The lowest BCUT2D eigenvalue weighted by molar-refractivity contribution is -0.0320. The fourth-order valence-corrected chi connectivity index (χ4v) is 1.19. The van der Waals surface area contributed by atoms with Gasteiger partial charge >= 0.3 is 8.60 Å². The molecule has 48 valence electrons. The minimum absolute atomic E-state index is 0.397. The lowest BCUT2D eigenvalue weighted by atomic mass is 10.4. The third-order valence-corrected chi connectivity index (χ3v) is 1.77. The molecule has 8 heavy (non-hydrogen) atoms. The first-order valence-electron chi connectivity index (χ1n) is 2.21. The summed E-state index contributed by atoms with van der Waals surface area (Å²) in [5.41, 5.74) is 0. The summed E-state index contributed by atoms with van der Waals surface area (Å²) in [5.74, 6) is 0. The molecule has 0 bridgehead atoms. The van der Waals surface area contributed by atoms with Crippen LogP contribution in [0.15, 0.2) is 0 Å². The molecule has 4 nitrogen and oxygen atoms in total. The number of aliphatic hydroxyl groups is 1. The second-order valence-electron chi connectivity index (χ2n) is 1.54. The van der Waals surface area contributed by atoms with Crippen molar-refractivity contribution in [3.63, 3.8) is 0 Å². The summed E-state index contributed by atoms with van der Waals surface area (Å²) < 4.78 is 9.05. The van der Waals surface area contributed by atoms with E-state index in [2.05, 4.69) is 9.05 Å². The van der Waals surface area contributed by atoms with E-state index in [9.17, 15) is 0 Å². The fourth-order valence-electron chi connectivity index (χ4n) is 0.397. The number of hydrogen-bond acceptors (Lipinski definition) is 4. The van der Waals surface area contributed by atoms with Crippen LogP contribution in [0.5, 0.6) is 0 Å². The van der Waals surface area contributed by atoms with E-state index >= 15 is 0 Å². The van der Waals surface area contributed by atoms with Crippen LogP contribution in [-0.2, 0) is 9.05 Å². The average molecular weight is 138 g/mol. The van der Waals surface area contributed by atoms with Gasteiger partial charge in [-0.15, -0.1) is 0 Å². The molecular formula is C3H7O4P. The molecule has 1 rings (SSSR count). The quantitative estimate of drug-likeness (QED) is 0.461. The summed E-state index contributed by atoms with van der Waals surface area (Å²) in [6.07, 6.45) is -1.35. The van der Waals surface area contributed by atoms with Crippen molar-refractivity contribution >= 4 is 8.60 Å². The highest BCUT2D eigenvalue weighted by Crippen LogP contribution is 2.43. The minimum Gasteiger partial charge on any atom is -0.365 e. The maximum Gasteiger partial charge on any atom is 0.332 e. The van der Waals surface area contributed by atoms with E-state index in [1.807, 2.05) is 0 Å². The molecule has 0 radical (unpaired) electrons. The van der Waals surface area contributed by atoms with E-state index in [0.717, 1.165) is 0 Å². The van der Waals surface area contributed by atoms with Gasteiger partial charge in [-0.25, -0.2) is 0 Å². The summed E-state index contributed by atoms with van der Waals surface area (Å²) in [6.45, 7) is 1.63. The third-order valence-electron chi connectivity index (χ3n) is 0.856. The van der Waals surface area contributed by atoms with Crippen molar-refractivity contribution in [2.24, 2.45) is 0 Å². The zero-order chi connectivity index (χ0) is 6.15. The van der Waals surface area contributed by atoms with Crippen LogP contribution in [-0.4, -0.2) is 22.4 Å². The first kappa shape index (κ1) is 6.39. The highest BCUT2D eigenvalue weighted by atomic mass is 31.2. The molecule has 1 fully saturated rings. The van der Waals surface area contributed by atoms with Gasteiger partial charge in [0.05, 0.1) is 0 Å². The normalized spacial score (nSPS) is 47.6. The van der Waals surface area contributed by atoms with Gasteiger partial charge in [-0.3, -0.25) is 4.52 Å². The van der Waals surface area contributed by atoms with Crippen LogP contribution in [0.3, 0.4) is 0 Å². The molecule has 0 saturated carbocycles. The van der Waals surface area contributed by atoms with Crippen LogP contribution in [0.1, 0.15) is 6.92 Å². The number of aliphatic hydroxyl groups excluding tert-OH is 1. The average Bonchev–Trinajstić information content (AvgIpc) is 1.85. The van der Waals surface area contributed by atoms with E-state index in [-0.39, 0.29) is 0 Å². The number of rotatable bonds is 0. The van der Waals surface area contributed by atoms with Gasteiger partial charge in [0.2, 0.25) is 0 Å². The Morgan fingerprint density at radius 3 is 2.25 bits per heavy atom. The van der Waals surface area contributed by atoms with Crippen molar-refractivity contribution in [1.29, 1.82) is 0 Å². The number of hydrogen-bond donors (Lipinski definition) is 2. The summed E-state index contributed by atoms with van der Waals surface area (Å²) in [7, 11) is -1.79. The largest absolute Gasteiger partial charge is 0.365 e. The molecule has 1 saturated heterocycles. The Labute approximate surface area is 48.0 Å². The highest BCUT2D eigenvalue weighted by molar-refractivity contribution is 7.40. The van der Waals surface area contributed by atoms with Crippen LogP contribution in [0.25, 0.3) is 0 Å². The van der Waals surface area contributed by atoms with Gasteiger partial charge in [0, 0.05) is 0 Å². The maximum absolute atomic E-state index is 8.68. The van der Waals surface area contributed by atoms with Crippen molar-refractivity contribution in [3.05, 3.63) is 0 Å². The minimum atomic E-state index is -1.79. The molecule has 2 N–H and O–H groups in total. The molecule has 0 spiro atoms. The van der Waals surface area contributed by atoms with E-state index in [0.29, 0.717) is 0 Å². The monoisotopic (exact) mass is 138 g/mol. The van der Waals surface area contributed by atoms with Crippen molar-refractivity contribution in [1.82, 2.24) is 0 Å². The summed E-state index contributed by atoms with van der Waals surface area (Å²) in [4.78, 5) is 8.53. The molecule has 0 aromatic carbocycles.